The van der Waals surface area contributed by atoms with Crippen LogP contribution in [0.25, 0.3) is 11.4 Å². The molecule has 9 nitrogen and oxygen atoms in total. The van der Waals surface area contributed by atoms with Gasteiger partial charge >= 0.3 is 5.91 Å². The number of pyridine rings is 1. The summed E-state index contributed by atoms with van der Waals surface area (Å²) in [6.07, 6.45) is 4.84. The zero-order chi connectivity index (χ0) is 31.5. The fourth-order valence-corrected chi connectivity index (χ4v) is 7.07. The maximum absolute atomic E-state index is 13.7. The Hall–Kier alpha value is -4.55. The van der Waals surface area contributed by atoms with Gasteiger partial charge in [0.05, 0.1) is 23.9 Å². The standard InChI is InChI=1S/C33H30FN5O4S2/c1-3-4-7-18-43-24-15-11-22(12-16-24)28-26(29(40)27-20(2)35-25-8-5-6-17-38(25)27)30(41)31(42)39(28)32-36-37-33(45-32)44-19-21-9-13-23(34)14-10-21/h5-6,8-17,28,40H,3-4,7,18-19H2,1-2H3. The predicted octanol–water partition coefficient (Wildman–Crippen LogP) is 7.12. The third-order valence-corrected chi connectivity index (χ3v) is 9.59. The first-order valence-electron chi connectivity index (χ1n) is 14.5. The van der Waals surface area contributed by atoms with E-state index in [9.17, 15) is 19.1 Å². The minimum absolute atomic E-state index is 0.0684. The molecule has 1 aliphatic heterocycles. The summed E-state index contributed by atoms with van der Waals surface area (Å²) in [5, 5.41) is 20.5. The van der Waals surface area contributed by atoms with Crippen molar-refractivity contribution in [3.63, 3.8) is 0 Å². The summed E-state index contributed by atoms with van der Waals surface area (Å²) in [4.78, 5) is 33.2. The molecule has 6 rings (SSSR count). The topological polar surface area (TPSA) is 110 Å². The van der Waals surface area contributed by atoms with Crippen LogP contribution in [0.15, 0.2) is 82.8 Å². The van der Waals surface area contributed by atoms with Gasteiger partial charge in [-0.15, -0.1) is 10.2 Å². The number of anilines is 1. The van der Waals surface area contributed by atoms with Gasteiger partial charge in [0.25, 0.3) is 5.78 Å². The average molecular weight is 644 g/mol. The Kier molecular flexibility index (Phi) is 8.95. The molecular weight excluding hydrogens is 614 g/mol. The van der Waals surface area contributed by atoms with Crippen LogP contribution in [0.1, 0.15) is 54.7 Å². The third kappa shape index (κ3) is 6.20. The van der Waals surface area contributed by atoms with Crippen molar-refractivity contribution in [3.8, 4) is 5.75 Å². The summed E-state index contributed by atoms with van der Waals surface area (Å²) in [6, 6.07) is 17.8. The number of carbonyl (C=O) groups excluding carboxylic acids is 2. The van der Waals surface area contributed by atoms with Gasteiger partial charge in [-0.3, -0.25) is 18.9 Å². The van der Waals surface area contributed by atoms with Crippen molar-refractivity contribution in [3.05, 3.63) is 107 Å². The van der Waals surface area contributed by atoms with Crippen LogP contribution in [0.3, 0.4) is 0 Å². The highest BCUT2D eigenvalue weighted by atomic mass is 32.2. The molecular formula is C33H30FN5O4S2. The lowest BCUT2D eigenvalue weighted by Gasteiger charge is -2.22. The summed E-state index contributed by atoms with van der Waals surface area (Å²) < 4.78 is 21.5. The number of aryl methyl sites for hydroxylation is 1. The highest BCUT2D eigenvalue weighted by Crippen LogP contribution is 2.44. The number of nitrogens with zero attached hydrogens (tertiary/aromatic N) is 5. The Labute approximate surface area is 267 Å². The van der Waals surface area contributed by atoms with Crippen molar-refractivity contribution < 1.29 is 23.8 Å². The van der Waals surface area contributed by atoms with E-state index in [2.05, 4.69) is 22.1 Å². The quantitative estimate of drug-likeness (QED) is 0.0405. The SMILES string of the molecule is CCCCCOc1ccc(C2C(=C(O)c3c(C)nc4ccccn34)C(=O)C(=O)N2c2nnc(SCc3ccc(F)cc3)s2)cc1. The number of carbonyl (C=O) groups is 2. The van der Waals surface area contributed by atoms with Crippen molar-refractivity contribution in [1.82, 2.24) is 19.6 Å². The summed E-state index contributed by atoms with van der Waals surface area (Å²) >= 11 is 2.56. The summed E-state index contributed by atoms with van der Waals surface area (Å²) in [7, 11) is 0. The number of unbranched alkanes of at least 4 members (excludes halogenated alkanes) is 2. The van der Waals surface area contributed by atoms with E-state index in [1.807, 2.05) is 6.07 Å². The minimum atomic E-state index is -0.976. The normalized spacial score (nSPS) is 16.2. The number of aliphatic hydroxyl groups excluding tert-OH is 1. The largest absolute Gasteiger partial charge is 0.505 e. The highest BCUT2D eigenvalue weighted by molar-refractivity contribution is 8.00. The second-order valence-electron chi connectivity index (χ2n) is 10.5. The number of ether oxygens (including phenoxy) is 1. The molecule has 0 saturated carbocycles. The van der Waals surface area contributed by atoms with E-state index in [1.165, 1.54) is 40.1 Å². The molecule has 1 amide bonds. The molecule has 1 saturated heterocycles. The van der Waals surface area contributed by atoms with E-state index in [-0.39, 0.29) is 22.3 Å². The number of hydrogen-bond acceptors (Lipinski definition) is 9. The molecule has 12 heteroatoms. The summed E-state index contributed by atoms with van der Waals surface area (Å²) in [5.74, 6) is -1.11. The predicted molar refractivity (Wildman–Crippen MR) is 172 cm³/mol. The molecule has 1 unspecified atom stereocenters. The van der Waals surface area contributed by atoms with Crippen LogP contribution in [0, 0.1) is 12.7 Å². The van der Waals surface area contributed by atoms with Crippen LogP contribution in [0.2, 0.25) is 0 Å². The van der Waals surface area contributed by atoms with Gasteiger partial charge in [-0.1, -0.05) is 73.2 Å². The fourth-order valence-electron chi connectivity index (χ4n) is 5.24. The molecule has 1 aliphatic rings. The fraction of sp³-hybridized carbons (Fsp3) is 0.242. The van der Waals surface area contributed by atoms with Gasteiger partial charge in [0.2, 0.25) is 5.13 Å². The second-order valence-corrected chi connectivity index (χ2v) is 12.7. The Morgan fingerprint density at radius 3 is 2.58 bits per heavy atom. The number of aromatic nitrogens is 4. The first-order valence-corrected chi connectivity index (χ1v) is 16.3. The molecule has 4 heterocycles. The number of fused-ring (bicyclic) bond motifs is 1. The van der Waals surface area contributed by atoms with Gasteiger partial charge in [0, 0.05) is 11.9 Å². The van der Waals surface area contributed by atoms with Gasteiger partial charge in [-0.2, -0.15) is 0 Å². The number of aliphatic hydroxyl groups is 1. The van der Waals surface area contributed by atoms with Gasteiger partial charge < -0.3 is 9.84 Å². The second kappa shape index (κ2) is 13.2. The van der Waals surface area contributed by atoms with Crippen LogP contribution in [-0.4, -0.2) is 43.0 Å². The number of benzene rings is 2. The maximum atomic E-state index is 13.7. The zero-order valence-electron chi connectivity index (χ0n) is 24.6. The van der Waals surface area contributed by atoms with Crippen LogP contribution in [0.5, 0.6) is 5.75 Å². The van der Waals surface area contributed by atoms with E-state index in [1.54, 1.807) is 66.1 Å². The van der Waals surface area contributed by atoms with Crippen molar-refractivity contribution in [2.75, 3.05) is 11.5 Å². The van der Waals surface area contributed by atoms with Crippen LogP contribution < -0.4 is 9.64 Å². The van der Waals surface area contributed by atoms with Crippen LogP contribution >= 0.6 is 23.1 Å². The monoisotopic (exact) mass is 643 g/mol. The Morgan fingerprint density at radius 2 is 1.82 bits per heavy atom. The maximum Gasteiger partial charge on any atom is 0.301 e. The molecule has 5 aromatic rings. The summed E-state index contributed by atoms with van der Waals surface area (Å²) in [5.41, 5.74) is 2.87. The molecule has 0 bridgehead atoms. The van der Waals surface area contributed by atoms with Crippen LogP contribution in [0.4, 0.5) is 9.52 Å². The lowest BCUT2D eigenvalue weighted by molar-refractivity contribution is -0.132. The van der Waals surface area contributed by atoms with E-state index < -0.39 is 17.7 Å². The number of ketones is 1. The lowest BCUT2D eigenvalue weighted by atomic mass is 9.96. The highest BCUT2D eigenvalue weighted by Gasteiger charge is 2.49. The first-order chi connectivity index (χ1) is 21.9. The third-order valence-electron chi connectivity index (χ3n) is 7.46. The van der Waals surface area contributed by atoms with Gasteiger partial charge in [-0.25, -0.2) is 9.37 Å². The molecule has 45 heavy (non-hydrogen) atoms. The number of rotatable bonds is 11. The minimum Gasteiger partial charge on any atom is -0.505 e. The number of Topliss-reactive ketones (excluding diaryl/α,β-unsaturated/α-hetero) is 1. The first kappa shape index (κ1) is 30.5. The molecule has 0 aliphatic carbocycles. The molecule has 2 aromatic carbocycles. The van der Waals surface area contributed by atoms with Crippen molar-refractivity contribution in [1.29, 1.82) is 0 Å². The molecule has 1 atom stereocenters. The molecule has 1 fully saturated rings. The van der Waals surface area contributed by atoms with E-state index in [0.29, 0.717) is 45.0 Å². The van der Waals surface area contributed by atoms with Gasteiger partial charge in [-0.05, 0) is 60.9 Å². The molecule has 0 spiro atoms. The molecule has 230 valence electrons. The van der Waals surface area contributed by atoms with E-state index >= 15 is 0 Å². The Bertz CT molecular complexity index is 1890. The number of hydrogen-bond donors (Lipinski definition) is 1. The summed E-state index contributed by atoms with van der Waals surface area (Å²) in [6.45, 7) is 4.46. The Balaban J connectivity index is 1.38. The smallest absolute Gasteiger partial charge is 0.301 e. The molecule has 3 aromatic heterocycles. The number of thioether (sulfide) groups is 1. The van der Waals surface area contributed by atoms with Crippen molar-refractivity contribution in [2.24, 2.45) is 0 Å². The van der Waals surface area contributed by atoms with Gasteiger partial charge in [0.15, 0.2) is 10.1 Å². The number of halogens is 1. The Morgan fingerprint density at radius 1 is 1.04 bits per heavy atom. The number of imidazole rings is 1. The van der Waals surface area contributed by atoms with Crippen molar-refractivity contribution in [2.45, 2.75) is 49.2 Å². The van der Waals surface area contributed by atoms with E-state index in [4.69, 9.17) is 4.74 Å². The number of amides is 1. The van der Waals surface area contributed by atoms with Crippen LogP contribution in [-0.2, 0) is 15.3 Å². The van der Waals surface area contributed by atoms with E-state index in [0.717, 1.165) is 24.8 Å². The van der Waals surface area contributed by atoms with Crippen molar-refractivity contribution >= 4 is 51.3 Å². The molecule has 1 N–H and O–H groups in total. The average Bonchev–Trinajstić information content (AvgIpc) is 3.72. The lowest BCUT2D eigenvalue weighted by Crippen LogP contribution is -2.29. The molecule has 0 radical (unpaired) electrons. The van der Waals surface area contributed by atoms with Gasteiger partial charge in [0.1, 0.15) is 22.9 Å². The zero-order valence-corrected chi connectivity index (χ0v) is 26.3.